The van der Waals surface area contributed by atoms with Gasteiger partial charge < -0.3 is 9.64 Å². The van der Waals surface area contributed by atoms with Crippen molar-refractivity contribution in [2.45, 2.75) is 18.9 Å². The smallest absolute Gasteiger partial charge is 0.162 e. The predicted octanol–water partition coefficient (Wildman–Crippen LogP) is 2.86. The summed E-state index contributed by atoms with van der Waals surface area (Å²) in [5, 5.41) is 0. The first-order chi connectivity index (χ1) is 7.66. The lowest BCUT2D eigenvalue weighted by molar-refractivity contribution is 0.197. The van der Waals surface area contributed by atoms with Gasteiger partial charge in [-0.25, -0.2) is 8.78 Å². The molecule has 5 heteroatoms. The number of benzene rings is 1. The maximum absolute atomic E-state index is 12.9. The normalized spacial score (nSPS) is 20.1. The van der Waals surface area contributed by atoms with Crippen LogP contribution in [-0.4, -0.2) is 31.1 Å². The Bertz CT molecular complexity index is 376. The Balaban J connectivity index is 0.00000144. The molecule has 0 bridgehead atoms. The van der Waals surface area contributed by atoms with Crippen LogP contribution in [0.15, 0.2) is 18.2 Å². The van der Waals surface area contributed by atoms with Crippen molar-refractivity contribution in [1.29, 1.82) is 0 Å². The molecule has 1 aliphatic rings. The van der Waals surface area contributed by atoms with Gasteiger partial charge in [-0.3, -0.25) is 0 Å². The fourth-order valence-corrected chi connectivity index (χ4v) is 1.95. The van der Waals surface area contributed by atoms with E-state index in [1.54, 1.807) is 0 Å². The number of likely N-dealkylation sites (N-methyl/N-ethyl adjacent to an activating group) is 1. The van der Waals surface area contributed by atoms with E-state index in [1.165, 1.54) is 12.5 Å². The Morgan fingerprint density at radius 1 is 1.35 bits per heavy atom. The summed E-state index contributed by atoms with van der Waals surface area (Å²) in [7, 11) is 2.05. The molecule has 0 aromatic heterocycles. The first kappa shape index (κ1) is 14.2. The van der Waals surface area contributed by atoms with Gasteiger partial charge >= 0.3 is 0 Å². The lowest BCUT2D eigenvalue weighted by Crippen LogP contribution is -2.30. The zero-order chi connectivity index (χ0) is 11.5. The third-order valence-corrected chi connectivity index (χ3v) is 3.00. The molecular formula is C12H16ClF2NO. The highest BCUT2D eigenvalue weighted by atomic mass is 35.5. The largest absolute Gasteiger partial charge is 0.492 e. The Kier molecular flexibility index (Phi) is 5.15. The molecule has 0 amide bonds. The Morgan fingerprint density at radius 2 is 2.12 bits per heavy atom. The zero-order valence-corrected chi connectivity index (χ0v) is 10.5. The van der Waals surface area contributed by atoms with Gasteiger partial charge in [-0.2, -0.15) is 0 Å². The second-order valence-corrected chi connectivity index (χ2v) is 4.16. The van der Waals surface area contributed by atoms with E-state index in [0.29, 0.717) is 18.4 Å². The van der Waals surface area contributed by atoms with Crippen molar-refractivity contribution < 1.29 is 13.5 Å². The highest BCUT2D eigenvalue weighted by Gasteiger charge is 2.21. The molecule has 0 aliphatic carbocycles. The maximum Gasteiger partial charge on any atom is 0.162 e. The van der Waals surface area contributed by atoms with Crippen molar-refractivity contribution in [1.82, 2.24) is 4.90 Å². The van der Waals surface area contributed by atoms with Gasteiger partial charge in [0.1, 0.15) is 12.4 Å². The topological polar surface area (TPSA) is 12.5 Å². The van der Waals surface area contributed by atoms with Gasteiger partial charge in [0, 0.05) is 12.1 Å². The Morgan fingerprint density at radius 3 is 2.71 bits per heavy atom. The van der Waals surface area contributed by atoms with E-state index >= 15 is 0 Å². The second kappa shape index (κ2) is 6.17. The molecule has 1 aromatic rings. The standard InChI is InChI=1S/C12H15F2NO.ClH/c1-15-6-2-3-9(15)8-16-10-4-5-11(13)12(14)7-10;/h4-5,7,9H,2-3,6,8H2,1H3;1H. The fraction of sp³-hybridized carbons (Fsp3) is 0.500. The van der Waals surface area contributed by atoms with Crippen molar-refractivity contribution in [2.75, 3.05) is 20.2 Å². The molecule has 1 fully saturated rings. The van der Waals surface area contributed by atoms with Crippen LogP contribution in [0.2, 0.25) is 0 Å². The minimum absolute atomic E-state index is 0. The monoisotopic (exact) mass is 263 g/mol. The molecular weight excluding hydrogens is 248 g/mol. The van der Waals surface area contributed by atoms with Crippen molar-refractivity contribution >= 4 is 12.4 Å². The summed E-state index contributed by atoms with van der Waals surface area (Å²) in [5.74, 6) is -1.32. The average molecular weight is 264 g/mol. The van der Waals surface area contributed by atoms with E-state index in [0.717, 1.165) is 25.1 Å². The Hall–Kier alpha value is -0.870. The summed E-state index contributed by atoms with van der Waals surface area (Å²) in [6, 6.07) is 4.01. The van der Waals surface area contributed by atoms with E-state index < -0.39 is 11.6 Å². The van der Waals surface area contributed by atoms with Crippen LogP contribution >= 0.6 is 12.4 Å². The van der Waals surface area contributed by atoms with Crippen molar-refractivity contribution in [3.63, 3.8) is 0 Å². The predicted molar refractivity (Wildman–Crippen MR) is 64.8 cm³/mol. The van der Waals surface area contributed by atoms with Crippen LogP contribution in [0.5, 0.6) is 5.75 Å². The second-order valence-electron chi connectivity index (χ2n) is 4.16. The fourth-order valence-electron chi connectivity index (χ4n) is 1.95. The van der Waals surface area contributed by atoms with Gasteiger partial charge in [0.05, 0.1) is 0 Å². The maximum atomic E-state index is 12.9. The summed E-state index contributed by atoms with van der Waals surface area (Å²) >= 11 is 0. The number of hydrogen-bond donors (Lipinski definition) is 0. The minimum atomic E-state index is -0.864. The number of ether oxygens (including phenoxy) is 1. The molecule has 0 N–H and O–H groups in total. The molecule has 1 aromatic carbocycles. The molecule has 1 atom stereocenters. The van der Waals surface area contributed by atoms with Gasteiger partial charge in [-0.15, -0.1) is 12.4 Å². The van der Waals surface area contributed by atoms with Crippen LogP contribution in [0.1, 0.15) is 12.8 Å². The Labute approximate surface area is 106 Å². The molecule has 2 nitrogen and oxygen atoms in total. The molecule has 0 spiro atoms. The van der Waals surface area contributed by atoms with Crippen LogP contribution in [-0.2, 0) is 0 Å². The van der Waals surface area contributed by atoms with Crippen LogP contribution in [0.4, 0.5) is 8.78 Å². The molecule has 2 rings (SSSR count). The first-order valence-electron chi connectivity index (χ1n) is 5.45. The third-order valence-electron chi connectivity index (χ3n) is 3.00. The van der Waals surface area contributed by atoms with Gasteiger partial charge in [0.2, 0.25) is 0 Å². The van der Waals surface area contributed by atoms with E-state index in [-0.39, 0.29) is 12.4 Å². The molecule has 1 heterocycles. The highest BCUT2D eigenvalue weighted by molar-refractivity contribution is 5.85. The van der Waals surface area contributed by atoms with Crippen molar-refractivity contribution in [3.8, 4) is 5.75 Å². The quantitative estimate of drug-likeness (QED) is 0.832. The lowest BCUT2D eigenvalue weighted by atomic mass is 10.2. The van der Waals surface area contributed by atoms with Crippen LogP contribution < -0.4 is 4.74 Å². The molecule has 0 radical (unpaired) electrons. The third kappa shape index (κ3) is 3.54. The van der Waals surface area contributed by atoms with E-state index in [9.17, 15) is 8.78 Å². The summed E-state index contributed by atoms with van der Waals surface area (Å²) in [6.07, 6.45) is 2.27. The summed E-state index contributed by atoms with van der Waals surface area (Å²) in [4.78, 5) is 2.22. The van der Waals surface area contributed by atoms with Crippen molar-refractivity contribution in [3.05, 3.63) is 29.8 Å². The summed E-state index contributed by atoms with van der Waals surface area (Å²) in [6.45, 7) is 1.60. The number of hydrogen-bond acceptors (Lipinski definition) is 2. The van der Waals surface area contributed by atoms with Gasteiger partial charge in [-0.05, 0) is 38.6 Å². The van der Waals surface area contributed by atoms with Gasteiger partial charge in [0.25, 0.3) is 0 Å². The van der Waals surface area contributed by atoms with E-state index in [4.69, 9.17) is 4.74 Å². The van der Waals surface area contributed by atoms with Gasteiger partial charge in [-0.1, -0.05) is 0 Å². The number of likely N-dealkylation sites (tertiary alicyclic amines) is 1. The number of rotatable bonds is 3. The summed E-state index contributed by atoms with van der Waals surface area (Å²) < 4.78 is 31.0. The summed E-state index contributed by atoms with van der Waals surface area (Å²) in [5.41, 5.74) is 0. The van der Waals surface area contributed by atoms with Crippen LogP contribution in [0.3, 0.4) is 0 Å². The average Bonchev–Trinajstić information content (AvgIpc) is 2.66. The SMILES string of the molecule is CN1CCCC1COc1ccc(F)c(F)c1.Cl. The molecule has 1 saturated heterocycles. The van der Waals surface area contributed by atoms with Crippen LogP contribution in [0, 0.1) is 11.6 Å². The van der Waals surface area contributed by atoms with Crippen molar-refractivity contribution in [2.24, 2.45) is 0 Å². The highest BCUT2D eigenvalue weighted by Crippen LogP contribution is 2.19. The molecule has 0 saturated carbocycles. The number of halogens is 3. The number of nitrogens with zero attached hydrogens (tertiary/aromatic N) is 1. The van der Waals surface area contributed by atoms with Crippen LogP contribution in [0.25, 0.3) is 0 Å². The molecule has 96 valence electrons. The first-order valence-corrected chi connectivity index (χ1v) is 5.45. The van der Waals surface area contributed by atoms with E-state index in [2.05, 4.69) is 4.90 Å². The minimum Gasteiger partial charge on any atom is -0.492 e. The molecule has 1 aliphatic heterocycles. The molecule has 17 heavy (non-hydrogen) atoms. The van der Waals surface area contributed by atoms with Gasteiger partial charge in [0.15, 0.2) is 11.6 Å². The van der Waals surface area contributed by atoms with E-state index in [1.807, 2.05) is 7.05 Å². The zero-order valence-electron chi connectivity index (χ0n) is 9.66. The lowest BCUT2D eigenvalue weighted by Gasteiger charge is -2.19. The molecule has 1 unspecified atom stereocenters.